The molecule has 0 saturated carbocycles. The lowest BCUT2D eigenvalue weighted by molar-refractivity contribution is -0.135. The fourth-order valence-electron chi connectivity index (χ4n) is 2.08. The number of halogens is 1. The van der Waals surface area contributed by atoms with Gasteiger partial charge in [0.1, 0.15) is 5.82 Å². The zero-order valence-corrected chi connectivity index (χ0v) is 14.2. The summed E-state index contributed by atoms with van der Waals surface area (Å²) >= 11 is 0. The molecule has 0 saturated heterocycles. The van der Waals surface area contributed by atoms with E-state index in [-0.39, 0.29) is 36.1 Å². The van der Waals surface area contributed by atoms with Crippen LogP contribution in [0.25, 0.3) is 0 Å². The van der Waals surface area contributed by atoms with Gasteiger partial charge in [-0.2, -0.15) is 0 Å². The molecule has 0 radical (unpaired) electrons. The largest absolute Gasteiger partial charge is 0.346 e. The molecule has 0 heterocycles. The number of benzene rings is 1. The molecule has 23 heavy (non-hydrogen) atoms. The predicted molar refractivity (Wildman–Crippen MR) is 87.9 cm³/mol. The van der Waals surface area contributed by atoms with Crippen LogP contribution in [0.1, 0.15) is 33.3 Å². The number of nitrogens with one attached hydrogen (secondary N) is 1. The van der Waals surface area contributed by atoms with Crippen molar-refractivity contribution < 1.29 is 14.0 Å². The highest BCUT2D eigenvalue weighted by Gasteiger charge is 2.21. The van der Waals surface area contributed by atoms with Crippen LogP contribution in [-0.4, -0.2) is 35.3 Å². The van der Waals surface area contributed by atoms with Crippen molar-refractivity contribution >= 4 is 11.8 Å². The van der Waals surface area contributed by atoms with Crippen LogP contribution >= 0.6 is 0 Å². The standard InChI is InChI=1S/C17H26FN3O2/c1-11(2)16(19)17(23)20-9-15(22)21(12(3)4)10-13-6-5-7-14(18)8-13/h5-8,11-12,16H,9-10,19H2,1-4H3,(H,20,23)/t16-/m0/s1. The van der Waals surface area contributed by atoms with E-state index in [1.165, 1.54) is 12.1 Å². The number of hydrogen-bond acceptors (Lipinski definition) is 3. The van der Waals surface area contributed by atoms with Crippen molar-refractivity contribution in [2.75, 3.05) is 6.54 Å². The van der Waals surface area contributed by atoms with E-state index in [9.17, 15) is 14.0 Å². The van der Waals surface area contributed by atoms with Gasteiger partial charge in [-0.05, 0) is 37.5 Å². The molecule has 1 atom stereocenters. The van der Waals surface area contributed by atoms with Gasteiger partial charge < -0.3 is 16.0 Å². The molecule has 128 valence electrons. The van der Waals surface area contributed by atoms with Gasteiger partial charge in [0.15, 0.2) is 0 Å². The molecular weight excluding hydrogens is 297 g/mol. The second-order valence-corrected chi connectivity index (χ2v) is 6.23. The Morgan fingerprint density at radius 3 is 2.43 bits per heavy atom. The van der Waals surface area contributed by atoms with Gasteiger partial charge in [-0.25, -0.2) is 4.39 Å². The Balaban J connectivity index is 2.67. The summed E-state index contributed by atoms with van der Waals surface area (Å²) in [6, 6.07) is 5.42. The van der Waals surface area contributed by atoms with E-state index in [0.29, 0.717) is 12.1 Å². The molecule has 0 spiro atoms. The van der Waals surface area contributed by atoms with E-state index in [1.54, 1.807) is 17.0 Å². The van der Waals surface area contributed by atoms with E-state index >= 15 is 0 Å². The zero-order valence-electron chi connectivity index (χ0n) is 14.2. The highest BCUT2D eigenvalue weighted by molar-refractivity contribution is 5.87. The Hall–Kier alpha value is -1.95. The molecule has 3 N–H and O–H groups in total. The van der Waals surface area contributed by atoms with Crippen LogP contribution in [0.4, 0.5) is 4.39 Å². The molecular formula is C17H26FN3O2. The van der Waals surface area contributed by atoms with Crippen LogP contribution in [0, 0.1) is 11.7 Å². The summed E-state index contributed by atoms with van der Waals surface area (Å²) in [5.41, 5.74) is 6.45. The normalized spacial score (nSPS) is 12.3. The van der Waals surface area contributed by atoms with E-state index in [0.717, 1.165) is 0 Å². The van der Waals surface area contributed by atoms with Gasteiger partial charge >= 0.3 is 0 Å². The highest BCUT2D eigenvalue weighted by atomic mass is 19.1. The molecule has 0 aliphatic rings. The third-order valence-corrected chi connectivity index (χ3v) is 3.62. The lowest BCUT2D eigenvalue weighted by Crippen LogP contribution is -2.48. The van der Waals surface area contributed by atoms with Crippen molar-refractivity contribution in [2.45, 2.75) is 46.3 Å². The molecule has 0 unspecified atom stereocenters. The SMILES string of the molecule is CC(C)[C@H](N)C(=O)NCC(=O)N(Cc1cccc(F)c1)C(C)C. The lowest BCUT2D eigenvalue weighted by atomic mass is 10.1. The van der Waals surface area contributed by atoms with Crippen LogP contribution in [0.15, 0.2) is 24.3 Å². The van der Waals surface area contributed by atoms with Crippen LogP contribution < -0.4 is 11.1 Å². The number of carbonyl (C=O) groups is 2. The fraction of sp³-hybridized carbons (Fsp3) is 0.529. The first kappa shape index (κ1) is 19.1. The Morgan fingerprint density at radius 1 is 1.26 bits per heavy atom. The number of amides is 2. The Labute approximate surface area is 137 Å². The first-order valence-corrected chi connectivity index (χ1v) is 7.79. The van der Waals surface area contributed by atoms with Gasteiger partial charge in [0.05, 0.1) is 12.6 Å². The summed E-state index contributed by atoms with van der Waals surface area (Å²) < 4.78 is 13.3. The summed E-state index contributed by atoms with van der Waals surface area (Å²) in [5.74, 6) is -0.912. The first-order valence-electron chi connectivity index (χ1n) is 7.79. The number of carbonyl (C=O) groups excluding carboxylic acids is 2. The Morgan fingerprint density at radius 2 is 1.91 bits per heavy atom. The lowest BCUT2D eigenvalue weighted by Gasteiger charge is -2.27. The summed E-state index contributed by atoms with van der Waals surface area (Å²) in [7, 11) is 0. The minimum Gasteiger partial charge on any atom is -0.346 e. The van der Waals surface area contributed by atoms with Crippen molar-refractivity contribution in [1.29, 1.82) is 0 Å². The van der Waals surface area contributed by atoms with E-state index in [2.05, 4.69) is 5.32 Å². The van der Waals surface area contributed by atoms with Crippen LogP contribution in [-0.2, 0) is 16.1 Å². The quantitative estimate of drug-likeness (QED) is 0.801. The van der Waals surface area contributed by atoms with Crippen molar-refractivity contribution in [3.8, 4) is 0 Å². The Kier molecular flexibility index (Phi) is 7.16. The number of rotatable bonds is 7. The topological polar surface area (TPSA) is 75.4 Å². The maximum atomic E-state index is 13.3. The summed E-state index contributed by atoms with van der Waals surface area (Å²) in [6.07, 6.45) is 0. The average Bonchev–Trinajstić information content (AvgIpc) is 2.48. The molecule has 5 nitrogen and oxygen atoms in total. The maximum Gasteiger partial charge on any atom is 0.242 e. The summed E-state index contributed by atoms with van der Waals surface area (Å²) in [6.45, 7) is 7.61. The maximum absolute atomic E-state index is 13.3. The first-order chi connectivity index (χ1) is 10.7. The highest BCUT2D eigenvalue weighted by Crippen LogP contribution is 2.10. The summed E-state index contributed by atoms with van der Waals surface area (Å²) in [4.78, 5) is 25.8. The third kappa shape index (κ3) is 5.98. The number of nitrogens with zero attached hydrogens (tertiary/aromatic N) is 1. The van der Waals surface area contributed by atoms with Crippen LogP contribution in [0.2, 0.25) is 0 Å². The minimum atomic E-state index is -0.640. The van der Waals surface area contributed by atoms with Gasteiger partial charge in [-0.3, -0.25) is 9.59 Å². The molecule has 6 heteroatoms. The zero-order chi connectivity index (χ0) is 17.6. The Bertz CT molecular complexity index is 546. The second kappa shape index (κ2) is 8.62. The van der Waals surface area contributed by atoms with Crippen LogP contribution in [0.3, 0.4) is 0 Å². The molecule has 1 rings (SSSR count). The van der Waals surface area contributed by atoms with Crippen molar-refractivity contribution in [3.63, 3.8) is 0 Å². The predicted octanol–water partition coefficient (Wildman–Crippen LogP) is 1.66. The molecule has 0 aromatic heterocycles. The molecule has 1 aromatic carbocycles. The van der Waals surface area contributed by atoms with E-state index < -0.39 is 6.04 Å². The molecule has 0 bridgehead atoms. The van der Waals surface area contributed by atoms with E-state index in [4.69, 9.17) is 5.73 Å². The smallest absolute Gasteiger partial charge is 0.242 e. The monoisotopic (exact) mass is 323 g/mol. The average molecular weight is 323 g/mol. The molecule has 1 aromatic rings. The van der Waals surface area contributed by atoms with Crippen molar-refractivity contribution in [3.05, 3.63) is 35.6 Å². The van der Waals surface area contributed by atoms with Gasteiger partial charge in [0.2, 0.25) is 11.8 Å². The van der Waals surface area contributed by atoms with E-state index in [1.807, 2.05) is 27.7 Å². The molecule has 2 amide bonds. The number of hydrogen-bond donors (Lipinski definition) is 2. The molecule has 0 aliphatic heterocycles. The number of nitrogens with two attached hydrogens (primary N) is 1. The fourth-order valence-corrected chi connectivity index (χ4v) is 2.08. The molecule has 0 fully saturated rings. The van der Waals surface area contributed by atoms with Gasteiger partial charge in [0.25, 0.3) is 0 Å². The van der Waals surface area contributed by atoms with Gasteiger partial charge in [-0.1, -0.05) is 26.0 Å². The van der Waals surface area contributed by atoms with Gasteiger partial charge in [0, 0.05) is 12.6 Å². The second-order valence-electron chi connectivity index (χ2n) is 6.23. The summed E-state index contributed by atoms with van der Waals surface area (Å²) in [5, 5.41) is 2.57. The van der Waals surface area contributed by atoms with Crippen molar-refractivity contribution in [2.24, 2.45) is 11.7 Å². The van der Waals surface area contributed by atoms with Gasteiger partial charge in [-0.15, -0.1) is 0 Å². The minimum absolute atomic E-state index is 0.00130. The third-order valence-electron chi connectivity index (χ3n) is 3.62. The molecule has 0 aliphatic carbocycles. The van der Waals surface area contributed by atoms with Crippen molar-refractivity contribution in [1.82, 2.24) is 10.2 Å². The van der Waals surface area contributed by atoms with Crippen LogP contribution in [0.5, 0.6) is 0 Å².